The number of hydrogen-bond donors (Lipinski definition) is 1. The Morgan fingerprint density at radius 1 is 1.10 bits per heavy atom. The summed E-state index contributed by atoms with van der Waals surface area (Å²) in [6, 6.07) is -0.681. The quantitative estimate of drug-likeness (QED) is 0.846. The molecule has 1 aliphatic heterocycles. The molecule has 2 fully saturated rings. The smallest absolute Gasteiger partial charge is 0.246 e. The molecule has 0 aromatic heterocycles. The molecule has 120 valence electrons. The van der Waals surface area contributed by atoms with Crippen molar-refractivity contribution in [1.29, 1.82) is 0 Å². The summed E-state index contributed by atoms with van der Waals surface area (Å²) < 4.78 is 0. The number of amides is 2. The monoisotopic (exact) mass is 294 g/mol. The summed E-state index contributed by atoms with van der Waals surface area (Å²) in [7, 11) is 0. The molecule has 1 aliphatic carbocycles. The van der Waals surface area contributed by atoms with Crippen molar-refractivity contribution < 1.29 is 9.59 Å². The summed E-state index contributed by atoms with van der Waals surface area (Å²) in [5, 5.41) is 2.93. The summed E-state index contributed by atoms with van der Waals surface area (Å²) in [5.74, 6) is 0.954. The predicted molar refractivity (Wildman–Crippen MR) is 83.6 cm³/mol. The number of carbonyl (C=O) groups is 2. The predicted octanol–water partition coefficient (Wildman–Crippen LogP) is 2.43. The van der Waals surface area contributed by atoms with Gasteiger partial charge in [0, 0.05) is 6.54 Å². The number of hydrogen-bond acceptors (Lipinski definition) is 2. The van der Waals surface area contributed by atoms with Gasteiger partial charge in [-0.25, -0.2) is 0 Å². The minimum absolute atomic E-state index is 0.0165. The SMILES string of the molecule is CC(C)C1NC(=O)C(C(C)C)N(CC2(C(C)C)CC2)C1=O. The second kappa shape index (κ2) is 5.62. The van der Waals surface area contributed by atoms with Gasteiger partial charge in [-0.2, -0.15) is 0 Å². The van der Waals surface area contributed by atoms with Crippen LogP contribution < -0.4 is 5.32 Å². The fraction of sp³-hybridized carbons (Fsp3) is 0.882. The van der Waals surface area contributed by atoms with E-state index < -0.39 is 0 Å². The first-order chi connectivity index (χ1) is 9.69. The van der Waals surface area contributed by atoms with Gasteiger partial charge < -0.3 is 10.2 Å². The second-order valence-electron chi connectivity index (χ2n) is 7.90. The molecule has 0 aromatic rings. The number of nitrogens with zero attached hydrogens (tertiary/aromatic N) is 1. The molecule has 1 N–H and O–H groups in total. The van der Waals surface area contributed by atoms with E-state index in [9.17, 15) is 9.59 Å². The lowest BCUT2D eigenvalue weighted by Crippen LogP contribution is -2.67. The van der Waals surface area contributed by atoms with E-state index in [2.05, 4.69) is 19.2 Å². The maximum Gasteiger partial charge on any atom is 0.246 e. The van der Waals surface area contributed by atoms with Crippen molar-refractivity contribution in [2.75, 3.05) is 6.54 Å². The molecule has 4 heteroatoms. The molecular formula is C17H30N2O2. The minimum atomic E-state index is -0.365. The third-order valence-corrected chi connectivity index (χ3v) is 5.35. The van der Waals surface area contributed by atoms with Crippen molar-refractivity contribution in [1.82, 2.24) is 10.2 Å². The fourth-order valence-corrected chi connectivity index (χ4v) is 3.47. The van der Waals surface area contributed by atoms with E-state index in [4.69, 9.17) is 0 Å². The van der Waals surface area contributed by atoms with Crippen molar-refractivity contribution in [3.8, 4) is 0 Å². The standard InChI is InChI=1S/C17H30N2O2/c1-10(2)13-16(21)19(9-17(7-8-17)12(5)6)14(11(3)4)15(20)18-13/h10-14H,7-9H2,1-6H3,(H,18,20). The van der Waals surface area contributed by atoms with E-state index in [0.29, 0.717) is 5.92 Å². The average molecular weight is 294 g/mol. The zero-order valence-electron chi connectivity index (χ0n) is 14.3. The molecule has 1 saturated heterocycles. The maximum absolute atomic E-state index is 12.9. The lowest BCUT2D eigenvalue weighted by molar-refractivity contribution is -0.153. The Morgan fingerprint density at radius 2 is 1.67 bits per heavy atom. The molecule has 2 amide bonds. The largest absolute Gasteiger partial charge is 0.342 e. The lowest BCUT2D eigenvalue weighted by atomic mass is 9.87. The molecule has 0 radical (unpaired) electrons. The van der Waals surface area contributed by atoms with Crippen LogP contribution in [0, 0.1) is 23.2 Å². The minimum Gasteiger partial charge on any atom is -0.342 e. The van der Waals surface area contributed by atoms with Crippen molar-refractivity contribution in [3.05, 3.63) is 0 Å². The van der Waals surface area contributed by atoms with Crippen LogP contribution in [0.5, 0.6) is 0 Å². The van der Waals surface area contributed by atoms with Crippen LogP contribution in [0.1, 0.15) is 54.4 Å². The summed E-state index contributed by atoms with van der Waals surface area (Å²) in [6.45, 7) is 13.2. The van der Waals surface area contributed by atoms with Gasteiger partial charge in [-0.15, -0.1) is 0 Å². The van der Waals surface area contributed by atoms with Gasteiger partial charge in [0.05, 0.1) is 0 Å². The van der Waals surface area contributed by atoms with E-state index in [1.54, 1.807) is 0 Å². The van der Waals surface area contributed by atoms with Gasteiger partial charge in [0.2, 0.25) is 11.8 Å². The second-order valence-corrected chi connectivity index (χ2v) is 7.90. The van der Waals surface area contributed by atoms with E-state index >= 15 is 0 Å². The first kappa shape index (κ1) is 16.3. The molecular weight excluding hydrogens is 264 g/mol. The van der Waals surface area contributed by atoms with Gasteiger partial charge >= 0.3 is 0 Å². The Balaban J connectivity index is 2.26. The summed E-state index contributed by atoms with van der Waals surface area (Å²) >= 11 is 0. The molecule has 0 spiro atoms. The third-order valence-electron chi connectivity index (χ3n) is 5.35. The van der Waals surface area contributed by atoms with Crippen LogP contribution in [-0.2, 0) is 9.59 Å². The zero-order valence-corrected chi connectivity index (χ0v) is 14.3. The highest BCUT2D eigenvalue weighted by molar-refractivity contribution is 5.97. The molecule has 2 unspecified atom stereocenters. The molecule has 2 rings (SSSR count). The highest BCUT2D eigenvalue weighted by Crippen LogP contribution is 2.52. The van der Waals surface area contributed by atoms with E-state index in [1.807, 2.05) is 32.6 Å². The summed E-state index contributed by atoms with van der Waals surface area (Å²) in [6.07, 6.45) is 2.35. The third kappa shape index (κ3) is 2.95. The Bertz CT molecular complexity index is 425. The molecule has 1 saturated carbocycles. The molecule has 0 aromatic carbocycles. The van der Waals surface area contributed by atoms with Gasteiger partial charge in [0.15, 0.2) is 0 Å². The van der Waals surface area contributed by atoms with E-state index in [1.165, 1.54) is 12.8 Å². The van der Waals surface area contributed by atoms with Gasteiger partial charge in [-0.3, -0.25) is 9.59 Å². The first-order valence-corrected chi connectivity index (χ1v) is 8.30. The molecule has 2 aliphatic rings. The Hall–Kier alpha value is -1.06. The summed E-state index contributed by atoms with van der Waals surface area (Å²) in [4.78, 5) is 27.2. The van der Waals surface area contributed by atoms with Crippen LogP contribution in [0.3, 0.4) is 0 Å². The normalized spacial score (nSPS) is 28.5. The van der Waals surface area contributed by atoms with Gasteiger partial charge in [-0.1, -0.05) is 41.5 Å². The van der Waals surface area contributed by atoms with Gasteiger partial charge in [0.1, 0.15) is 12.1 Å². The zero-order chi connectivity index (χ0) is 15.9. The fourth-order valence-electron chi connectivity index (χ4n) is 3.47. The van der Waals surface area contributed by atoms with Crippen LogP contribution in [-0.4, -0.2) is 35.3 Å². The van der Waals surface area contributed by atoms with E-state index in [0.717, 1.165) is 6.54 Å². The highest BCUT2D eigenvalue weighted by atomic mass is 16.2. The summed E-state index contributed by atoms with van der Waals surface area (Å²) in [5.41, 5.74) is 0.238. The Morgan fingerprint density at radius 3 is 2.05 bits per heavy atom. The Labute approximate surface area is 128 Å². The van der Waals surface area contributed by atoms with Crippen LogP contribution in [0.2, 0.25) is 0 Å². The van der Waals surface area contributed by atoms with Gasteiger partial charge in [-0.05, 0) is 36.0 Å². The lowest BCUT2D eigenvalue weighted by Gasteiger charge is -2.44. The number of rotatable bonds is 5. The molecule has 0 bridgehead atoms. The number of nitrogens with one attached hydrogen (secondary N) is 1. The van der Waals surface area contributed by atoms with Crippen molar-refractivity contribution in [3.63, 3.8) is 0 Å². The number of carbonyl (C=O) groups excluding carboxylic acids is 2. The maximum atomic E-state index is 12.9. The molecule has 2 atom stereocenters. The van der Waals surface area contributed by atoms with Crippen LogP contribution in [0.4, 0.5) is 0 Å². The van der Waals surface area contributed by atoms with Crippen molar-refractivity contribution >= 4 is 11.8 Å². The van der Waals surface area contributed by atoms with Crippen LogP contribution in [0.25, 0.3) is 0 Å². The van der Waals surface area contributed by atoms with Crippen molar-refractivity contribution in [2.24, 2.45) is 23.2 Å². The van der Waals surface area contributed by atoms with Crippen LogP contribution in [0.15, 0.2) is 0 Å². The Kier molecular flexibility index (Phi) is 4.36. The topological polar surface area (TPSA) is 49.4 Å². The molecule has 4 nitrogen and oxygen atoms in total. The van der Waals surface area contributed by atoms with E-state index in [-0.39, 0.29) is 41.1 Å². The van der Waals surface area contributed by atoms with Crippen molar-refractivity contribution in [2.45, 2.75) is 66.5 Å². The molecule has 21 heavy (non-hydrogen) atoms. The number of piperazine rings is 1. The highest BCUT2D eigenvalue weighted by Gasteiger charge is 2.51. The van der Waals surface area contributed by atoms with Gasteiger partial charge in [0.25, 0.3) is 0 Å². The average Bonchev–Trinajstić information content (AvgIpc) is 3.13. The van der Waals surface area contributed by atoms with Crippen LogP contribution >= 0.6 is 0 Å². The molecule has 1 heterocycles. The first-order valence-electron chi connectivity index (χ1n) is 8.30.